The Hall–Kier alpha value is -0.870. The Balaban J connectivity index is 2.58. The lowest BCUT2D eigenvalue weighted by Gasteiger charge is -2.34. The van der Waals surface area contributed by atoms with Crippen molar-refractivity contribution in [3.05, 3.63) is 11.6 Å². The number of carbonyl (C=O) groups is 1. The maximum atomic E-state index is 11.3. The summed E-state index contributed by atoms with van der Waals surface area (Å²) in [4.78, 5) is 10.6. The van der Waals surface area contributed by atoms with Gasteiger partial charge in [0.05, 0.1) is 11.7 Å². The molecule has 1 aliphatic carbocycles. The van der Waals surface area contributed by atoms with Crippen molar-refractivity contribution in [2.24, 2.45) is 11.8 Å². The Morgan fingerprint density at radius 3 is 2.54 bits per heavy atom. The van der Waals surface area contributed by atoms with Gasteiger partial charge in [-0.15, -0.1) is 0 Å². The van der Waals surface area contributed by atoms with Gasteiger partial charge in [-0.2, -0.15) is 0 Å². The predicted molar refractivity (Wildman–Crippen MR) is 115 cm³/mol. The molecule has 0 aliphatic heterocycles. The van der Waals surface area contributed by atoms with Crippen molar-refractivity contribution in [2.45, 2.75) is 122 Å². The van der Waals surface area contributed by atoms with E-state index in [9.17, 15) is 15.0 Å². The first-order valence-electron chi connectivity index (χ1n) is 11.6. The number of unbranched alkanes of at least 4 members (excludes halogenated alkanes) is 4. The van der Waals surface area contributed by atoms with Gasteiger partial charge in [0.25, 0.3) is 0 Å². The zero-order valence-corrected chi connectivity index (χ0v) is 18.5. The predicted octanol–water partition coefficient (Wildman–Crippen LogP) is 5.86. The summed E-state index contributed by atoms with van der Waals surface area (Å²) in [6.07, 6.45) is 14.6. The second-order valence-electron chi connectivity index (χ2n) is 8.94. The Kier molecular flexibility index (Phi) is 12.0. The van der Waals surface area contributed by atoms with Crippen molar-refractivity contribution in [3.8, 4) is 0 Å². The molecule has 3 N–H and O–H groups in total. The van der Waals surface area contributed by atoms with Gasteiger partial charge in [-0.3, -0.25) is 4.79 Å². The summed E-state index contributed by atoms with van der Waals surface area (Å²) >= 11 is 0. The molecule has 0 bridgehead atoms. The fraction of sp³-hybridized carbons (Fsp3) is 0.875. The SMILES string of the molecule is CCCCC(C)C(O)(CC=C1CC[C@@H](O)[C@@H]1CCCCCCC(=O)O)CCC. The second-order valence-corrected chi connectivity index (χ2v) is 8.94. The van der Waals surface area contributed by atoms with Crippen LogP contribution >= 0.6 is 0 Å². The number of aliphatic carboxylic acids is 1. The van der Waals surface area contributed by atoms with Crippen molar-refractivity contribution in [3.63, 3.8) is 0 Å². The van der Waals surface area contributed by atoms with Crippen molar-refractivity contribution in [1.29, 1.82) is 0 Å². The molecule has 2 unspecified atom stereocenters. The van der Waals surface area contributed by atoms with E-state index in [0.29, 0.717) is 12.3 Å². The Morgan fingerprint density at radius 1 is 1.18 bits per heavy atom. The van der Waals surface area contributed by atoms with Crippen LogP contribution < -0.4 is 0 Å². The van der Waals surface area contributed by atoms with E-state index in [1.165, 1.54) is 5.57 Å². The molecule has 1 fully saturated rings. The van der Waals surface area contributed by atoms with Crippen LogP contribution in [0, 0.1) is 11.8 Å². The molecule has 0 aromatic heterocycles. The first-order chi connectivity index (χ1) is 13.3. The zero-order chi connectivity index (χ0) is 21.0. The Morgan fingerprint density at radius 2 is 1.89 bits per heavy atom. The third kappa shape index (κ3) is 8.65. The quantitative estimate of drug-likeness (QED) is 0.239. The fourth-order valence-electron chi connectivity index (χ4n) is 4.64. The highest BCUT2D eigenvalue weighted by Crippen LogP contribution is 2.38. The summed E-state index contributed by atoms with van der Waals surface area (Å²) in [5.74, 6) is -0.205. The Labute approximate surface area is 172 Å². The minimum Gasteiger partial charge on any atom is -0.481 e. The molecule has 4 heteroatoms. The smallest absolute Gasteiger partial charge is 0.303 e. The Bertz CT molecular complexity index is 473. The van der Waals surface area contributed by atoms with Gasteiger partial charge in [-0.25, -0.2) is 0 Å². The average molecular weight is 397 g/mol. The van der Waals surface area contributed by atoms with E-state index < -0.39 is 11.6 Å². The number of hydrogen-bond acceptors (Lipinski definition) is 3. The first kappa shape index (κ1) is 25.2. The van der Waals surface area contributed by atoms with E-state index in [1.54, 1.807) is 0 Å². The number of carboxylic acid groups (broad SMARTS) is 1. The van der Waals surface area contributed by atoms with Gasteiger partial charge >= 0.3 is 5.97 Å². The van der Waals surface area contributed by atoms with Crippen molar-refractivity contribution in [1.82, 2.24) is 0 Å². The normalized spacial score (nSPS) is 24.4. The van der Waals surface area contributed by atoms with Crippen LogP contribution in [0.5, 0.6) is 0 Å². The summed E-state index contributed by atoms with van der Waals surface area (Å²) in [6, 6.07) is 0. The molecule has 28 heavy (non-hydrogen) atoms. The molecule has 0 aromatic rings. The molecule has 0 spiro atoms. The number of aliphatic hydroxyl groups is 2. The van der Waals surface area contributed by atoms with Crippen LogP contribution in [-0.2, 0) is 4.79 Å². The molecule has 4 atom stereocenters. The first-order valence-corrected chi connectivity index (χ1v) is 11.6. The molecule has 0 aromatic carbocycles. The number of aliphatic hydroxyl groups excluding tert-OH is 1. The molecule has 1 rings (SSSR count). The standard InChI is InChI=1S/C24H44O4/c1-4-6-11-19(3)24(28,17-5-2)18-16-20-14-15-22(25)21(20)12-9-7-8-10-13-23(26)27/h16,19,21-22,25,28H,4-15,17-18H2,1-3H3,(H,26,27)/t19?,21-,22-,24?/m1/s1. The van der Waals surface area contributed by atoms with Gasteiger partial charge in [0.2, 0.25) is 0 Å². The van der Waals surface area contributed by atoms with Crippen LogP contribution in [0.2, 0.25) is 0 Å². The topological polar surface area (TPSA) is 77.8 Å². The van der Waals surface area contributed by atoms with Crippen molar-refractivity contribution >= 4 is 5.97 Å². The van der Waals surface area contributed by atoms with Crippen LogP contribution in [0.1, 0.15) is 111 Å². The lowest BCUT2D eigenvalue weighted by molar-refractivity contribution is -0.137. The maximum Gasteiger partial charge on any atom is 0.303 e. The highest BCUT2D eigenvalue weighted by atomic mass is 16.4. The van der Waals surface area contributed by atoms with Gasteiger partial charge < -0.3 is 15.3 Å². The highest BCUT2D eigenvalue weighted by Gasteiger charge is 2.34. The minimum atomic E-state index is -0.718. The van der Waals surface area contributed by atoms with Crippen molar-refractivity contribution in [2.75, 3.05) is 0 Å². The highest BCUT2D eigenvalue weighted by molar-refractivity contribution is 5.66. The van der Waals surface area contributed by atoms with E-state index in [0.717, 1.165) is 77.0 Å². The monoisotopic (exact) mass is 396 g/mol. The van der Waals surface area contributed by atoms with E-state index >= 15 is 0 Å². The minimum absolute atomic E-state index is 0.219. The van der Waals surface area contributed by atoms with E-state index in [1.807, 2.05) is 0 Å². The van der Waals surface area contributed by atoms with Gasteiger partial charge in [0, 0.05) is 12.3 Å². The van der Waals surface area contributed by atoms with Crippen LogP contribution in [0.4, 0.5) is 0 Å². The van der Waals surface area contributed by atoms with Gasteiger partial charge in [0.15, 0.2) is 0 Å². The average Bonchev–Trinajstić information content (AvgIpc) is 3.00. The lowest BCUT2D eigenvalue weighted by atomic mass is 9.78. The number of carboxylic acids is 1. The molecule has 4 nitrogen and oxygen atoms in total. The van der Waals surface area contributed by atoms with Gasteiger partial charge in [-0.1, -0.05) is 70.9 Å². The van der Waals surface area contributed by atoms with E-state index in [4.69, 9.17) is 5.11 Å². The summed E-state index contributed by atoms with van der Waals surface area (Å²) in [6.45, 7) is 6.51. The summed E-state index contributed by atoms with van der Waals surface area (Å²) < 4.78 is 0. The summed E-state index contributed by atoms with van der Waals surface area (Å²) in [7, 11) is 0. The van der Waals surface area contributed by atoms with Crippen molar-refractivity contribution < 1.29 is 20.1 Å². The van der Waals surface area contributed by atoms with Crippen LogP contribution in [0.15, 0.2) is 11.6 Å². The second kappa shape index (κ2) is 13.4. The molecule has 0 amide bonds. The van der Waals surface area contributed by atoms with Gasteiger partial charge in [-0.05, 0) is 50.9 Å². The molecular formula is C24H44O4. The van der Waals surface area contributed by atoms with Crippen LogP contribution in [0.3, 0.4) is 0 Å². The fourth-order valence-corrected chi connectivity index (χ4v) is 4.64. The van der Waals surface area contributed by atoms with E-state index in [2.05, 4.69) is 26.8 Å². The number of rotatable bonds is 15. The maximum absolute atomic E-state index is 11.3. The molecule has 1 saturated carbocycles. The summed E-state index contributed by atoms with van der Waals surface area (Å²) in [5.41, 5.74) is 0.696. The third-order valence-electron chi connectivity index (χ3n) is 6.63. The number of hydrogen-bond donors (Lipinski definition) is 3. The molecule has 164 valence electrons. The molecular weight excluding hydrogens is 352 g/mol. The van der Waals surface area contributed by atoms with Crippen LogP contribution in [-0.4, -0.2) is 33.0 Å². The third-order valence-corrected chi connectivity index (χ3v) is 6.63. The molecule has 0 saturated heterocycles. The lowest BCUT2D eigenvalue weighted by Crippen LogP contribution is -2.36. The molecule has 0 heterocycles. The molecule has 1 aliphatic rings. The molecule has 0 radical (unpaired) electrons. The van der Waals surface area contributed by atoms with Crippen LogP contribution in [0.25, 0.3) is 0 Å². The largest absolute Gasteiger partial charge is 0.481 e. The zero-order valence-electron chi connectivity index (χ0n) is 18.5. The van der Waals surface area contributed by atoms with Gasteiger partial charge in [0.1, 0.15) is 0 Å². The summed E-state index contributed by atoms with van der Waals surface area (Å²) in [5, 5.41) is 30.4. The van der Waals surface area contributed by atoms with E-state index in [-0.39, 0.29) is 18.4 Å².